The quantitative estimate of drug-likeness (QED) is 0.233. The summed E-state index contributed by atoms with van der Waals surface area (Å²) in [6.07, 6.45) is 6.36. The molecule has 2 heterocycles. The molecule has 2 aromatic carbocycles. The largest absolute Gasteiger partial charge is 0.497 e. The van der Waals surface area contributed by atoms with Gasteiger partial charge in [-0.3, -0.25) is 4.79 Å². The van der Waals surface area contributed by atoms with E-state index in [-0.39, 0.29) is 6.42 Å². The topological polar surface area (TPSA) is 77.2 Å². The summed E-state index contributed by atoms with van der Waals surface area (Å²) in [6.45, 7) is 2.97. The predicted octanol–water partition coefficient (Wildman–Crippen LogP) is 6.99. The van der Waals surface area contributed by atoms with Crippen LogP contribution in [0.2, 0.25) is 0 Å². The second-order valence-corrected chi connectivity index (χ2v) is 9.78. The highest BCUT2D eigenvalue weighted by Gasteiger charge is 2.29. The van der Waals surface area contributed by atoms with Crippen LogP contribution in [0.1, 0.15) is 62.1 Å². The number of hydrogen-bond acceptors (Lipinski definition) is 4. The van der Waals surface area contributed by atoms with Gasteiger partial charge in [-0.25, -0.2) is 9.97 Å². The number of hydrogen-bond donors (Lipinski definition) is 1. The molecule has 36 heavy (non-hydrogen) atoms. The normalized spacial score (nSPS) is 13.3. The highest BCUT2D eigenvalue weighted by atomic mass is 16.5. The van der Waals surface area contributed by atoms with Gasteiger partial charge in [0.1, 0.15) is 11.3 Å². The standard InChI is InChI=1S/C30H33N3O3/c1-20-8-10-22(11-9-20)28-29(23-14-16-24(36-2)17-15-23)32-30-25(31-28)19-26(21-12-13-21)33(30)18-6-4-3-5-7-27(34)35/h8-11,14-17,19,21H,3-7,12-13,18H2,1-2H3,(H,34,35). The van der Waals surface area contributed by atoms with Crippen molar-refractivity contribution in [1.29, 1.82) is 0 Å². The molecule has 0 amide bonds. The van der Waals surface area contributed by atoms with Crippen LogP contribution < -0.4 is 4.74 Å². The van der Waals surface area contributed by atoms with Crippen LogP contribution in [0.4, 0.5) is 0 Å². The average Bonchev–Trinajstić information content (AvgIpc) is 3.67. The fraction of sp³-hybridized carbons (Fsp3) is 0.367. The summed E-state index contributed by atoms with van der Waals surface area (Å²) in [5.74, 6) is 0.681. The number of unbranched alkanes of at least 4 members (excludes halogenated alkanes) is 3. The van der Waals surface area contributed by atoms with Crippen molar-refractivity contribution in [2.45, 2.75) is 64.3 Å². The molecule has 6 nitrogen and oxygen atoms in total. The lowest BCUT2D eigenvalue weighted by Gasteiger charge is -2.13. The number of aliphatic carboxylic acids is 1. The number of nitrogens with zero attached hydrogens (tertiary/aromatic N) is 3. The van der Waals surface area contributed by atoms with Crippen LogP contribution in [0.5, 0.6) is 5.75 Å². The SMILES string of the molecule is COc1ccc(-c2nc3c(cc(C4CC4)n3CCCCCCC(=O)O)nc2-c2ccc(C)cc2)cc1. The van der Waals surface area contributed by atoms with E-state index in [0.717, 1.165) is 71.7 Å². The summed E-state index contributed by atoms with van der Waals surface area (Å²) < 4.78 is 7.74. The molecule has 0 spiro atoms. The van der Waals surface area contributed by atoms with Crippen LogP contribution in [0.15, 0.2) is 54.6 Å². The first-order valence-electron chi connectivity index (χ1n) is 12.9. The summed E-state index contributed by atoms with van der Waals surface area (Å²) in [5.41, 5.74) is 8.24. The van der Waals surface area contributed by atoms with E-state index in [1.807, 2.05) is 24.3 Å². The van der Waals surface area contributed by atoms with E-state index >= 15 is 0 Å². The van der Waals surface area contributed by atoms with E-state index in [9.17, 15) is 4.79 Å². The maximum absolute atomic E-state index is 10.8. The van der Waals surface area contributed by atoms with Crippen LogP contribution in [0, 0.1) is 6.92 Å². The molecule has 0 unspecified atom stereocenters. The third-order valence-electron chi connectivity index (χ3n) is 6.96. The summed E-state index contributed by atoms with van der Waals surface area (Å²) in [7, 11) is 1.67. The van der Waals surface area contributed by atoms with E-state index in [2.05, 4.69) is 41.8 Å². The van der Waals surface area contributed by atoms with Crippen molar-refractivity contribution in [3.63, 3.8) is 0 Å². The van der Waals surface area contributed by atoms with E-state index < -0.39 is 5.97 Å². The Bertz CT molecular complexity index is 1350. The Morgan fingerprint density at radius 1 is 0.944 bits per heavy atom. The Kier molecular flexibility index (Phi) is 7.03. The zero-order valence-corrected chi connectivity index (χ0v) is 21.0. The molecule has 5 rings (SSSR count). The van der Waals surface area contributed by atoms with Crippen LogP contribution in [0.25, 0.3) is 33.7 Å². The average molecular weight is 484 g/mol. The molecule has 186 valence electrons. The summed E-state index contributed by atoms with van der Waals surface area (Å²) in [5, 5.41) is 8.88. The number of rotatable bonds is 11. The molecule has 1 saturated carbocycles. The molecule has 0 aliphatic heterocycles. The zero-order chi connectivity index (χ0) is 25.1. The molecule has 1 fully saturated rings. The molecule has 2 aromatic heterocycles. The molecule has 0 atom stereocenters. The van der Waals surface area contributed by atoms with Gasteiger partial charge in [0, 0.05) is 29.8 Å². The first-order valence-corrected chi connectivity index (χ1v) is 12.9. The second kappa shape index (κ2) is 10.5. The van der Waals surface area contributed by atoms with Gasteiger partial charge in [0.2, 0.25) is 0 Å². The molecule has 4 aromatic rings. The number of carboxylic acids is 1. The van der Waals surface area contributed by atoms with Gasteiger partial charge in [-0.2, -0.15) is 0 Å². The third kappa shape index (κ3) is 5.27. The lowest BCUT2D eigenvalue weighted by atomic mass is 10.0. The monoisotopic (exact) mass is 483 g/mol. The highest BCUT2D eigenvalue weighted by molar-refractivity contribution is 5.86. The van der Waals surface area contributed by atoms with Crippen molar-refractivity contribution in [2.24, 2.45) is 0 Å². The van der Waals surface area contributed by atoms with Gasteiger partial charge < -0.3 is 14.4 Å². The zero-order valence-electron chi connectivity index (χ0n) is 21.0. The van der Waals surface area contributed by atoms with Crippen molar-refractivity contribution >= 4 is 17.1 Å². The van der Waals surface area contributed by atoms with E-state index in [1.165, 1.54) is 24.1 Å². The Morgan fingerprint density at radius 2 is 1.58 bits per heavy atom. The van der Waals surface area contributed by atoms with Gasteiger partial charge >= 0.3 is 5.97 Å². The van der Waals surface area contributed by atoms with Crippen molar-refractivity contribution < 1.29 is 14.6 Å². The summed E-state index contributed by atoms with van der Waals surface area (Å²) in [6, 6.07) is 18.7. The smallest absolute Gasteiger partial charge is 0.303 e. The van der Waals surface area contributed by atoms with Crippen molar-refractivity contribution in [3.05, 3.63) is 65.9 Å². The lowest BCUT2D eigenvalue weighted by Crippen LogP contribution is -2.05. The minimum absolute atomic E-state index is 0.248. The minimum Gasteiger partial charge on any atom is -0.497 e. The number of carboxylic acid groups (broad SMARTS) is 1. The number of aryl methyl sites for hydroxylation is 2. The number of fused-ring (bicyclic) bond motifs is 1. The summed E-state index contributed by atoms with van der Waals surface area (Å²) >= 11 is 0. The van der Waals surface area contributed by atoms with Crippen LogP contribution in [0.3, 0.4) is 0 Å². The van der Waals surface area contributed by atoms with Crippen LogP contribution >= 0.6 is 0 Å². The molecule has 1 aliphatic rings. The van der Waals surface area contributed by atoms with Crippen molar-refractivity contribution in [2.75, 3.05) is 7.11 Å². The van der Waals surface area contributed by atoms with E-state index in [1.54, 1.807) is 7.11 Å². The van der Waals surface area contributed by atoms with E-state index in [4.69, 9.17) is 19.8 Å². The lowest BCUT2D eigenvalue weighted by molar-refractivity contribution is -0.137. The molecule has 0 radical (unpaired) electrons. The third-order valence-corrected chi connectivity index (χ3v) is 6.96. The van der Waals surface area contributed by atoms with Crippen LogP contribution in [-0.2, 0) is 11.3 Å². The molecule has 0 saturated heterocycles. The maximum atomic E-state index is 10.8. The predicted molar refractivity (Wildman–Crippen MR) is 142 cm³/mol. The van der Waals surface area contributed by atoms with Gasteiger partial charge in [0.05, 0.1) is 18.5 Å². The summed E-state index contributed by atoms with van der Waals surface area (Å²) in [4.78, 5) is 21.2. The molecule has 0 bridgehead atoms. The fourth-order valence-corrected chi connectivity index (χ4v) is 4.79. The van der Waals surface area contributed by atoms with Crippen molar-refractivity contribution in [3.8, 4) is 28.3 Å². The first-order chi connectivity index (χ1) is 17.5. The molecule has 1 aliphatic carbocycles. The van der Waals surface area contributed by atoms with Gasteiger partial charge in [0.25, 0.3) is 0 Å². The van der Waals surface area contributed by atoms with Gasteiger partial charge in [-0.1, -0.05) is 42.7 Å². The Morgan fingerprint density at radius 3 is 2.22 bits per heavy atom. The Hall–Kier alpha value is -3.67. The van der Waals surface area contributed by atoms with Crippen LogP contribution in [-0.4, -0.2) is 32.7 Å². The number of carbonyl (C=O) groups is 1. The molecule has 1 N–H and O–H groups in total. The van der Waals surface area contributed by atoms with Gasteiger partial charge in [-0.05, 0) is 68.9 Å². The van der Waals surface area contributed by atoms with Gasteiger partial charge in [-0.15, -0.1) is 0 Å². The number of methoxy groups -OCH3 is 1. The highest BCUT2D eigenvalue weighted by Crippen LogP contribution is 2.43. The minimum atomic E-state index is -0.715. The Balaban J connectivity index is 1.54. The number of aromatic nitrogens is 3. The van der Waals surface area contributed by atoms with Gasteiger partial charge in [0.15, 0.2) is 5.65 Å². The maximum Gasteiger partial charge on any atom is 0.303 e. The fourth-order valence-electron chi connectivity index (χ4n) is 4.79. The Labute approximate surface area is 212 Å². The number of benzene rings is 2. The molecule has 6 heteroatoms. The van der Waals surface area contributed by atoms with Crippen molar-refractivity contribution in [1.82, 2.24) is 14.5 Å². The van der Waals surface area contributed by atoms with E-state index in [0.29, 0.717) is 5.92 Å². The molecular formula is C30H33N3O3. The number of ether oxygens (including phenoxy) is 1. The first kappa shape index (κ1) is 24.0. The molecular weight excluding hydrogens is 450 g/mol. The second-order valence-electron chi connectivity index (χ2n) is 9.78.